The zero-order chi connectivity index (χ0) is 12.2. The molecule has 0 unspecified atom stereocenters. The molecule has 0 amide bonds. The van der Waals surface area contributed by atoms with Crippen LogP contribution in [0.4, 0.5) is 0 Å². The molecule has 1 rings (SSSR count). The predicted octanol–water partition coefficient (Wildman–Crippen LogP) is 0.881. The molecule has 0 aliphatic heterocycles. The van der Waals surface area contributed by atoms with E-state index in [-0.39, 0.29) is 22.2 Å². The van der Waals surface area contributed by atoms with Crippen LogP contribution in [-0.2, 0) is 14.6 Å². The molecular weight excluding hydrogens is 254 g/mol. The van der Waals surface area contributed by atoms with Crippen LogP contribution in [-0.4, -0.2) is 38.1 Å². The second-order valence-electron chi connectivity index (χ2n) is 2.86. The van der Waals surface area contributed by atoms with Gasteiger partial charge in [-0.25, -0.2) is 18.2 Å². The van der Waals surface area contributed by atoms with Crippen LogP contribution < -0.4 is 0 Å². The Morgan fingerprint density at radius 3 is 2.81 bits per heavy atom. The average molecular weight is 264 g/mol. The molecule has 0 fully saturated rings. The van der Waals surface area contributed by atoms with E-state index in [1.54, 1.807) is 0 Å². The number of ether oxygens (including phenoxy) is 1. The maximum Gasteiger partial charge on any atom is 0.340 e. The molecule has 1 aromatic rings. The molecule has 0 N–H and O–H groups in total. The Morgan fingerprint density at radius 1 is 1.56 bits per heavy atom. The van der Waals surface area contributed by atoms with Crippen molar-refractivity contribution in [1.82, 2.24) is 4.98 Å². The summed E-state index contributed by atoms with van der Waals surface area (Å²) in [6.45, 7) is 0. The van der Waals surface area contributed by atoms with E-state index in [1.807, 2.05) is 0 Å². The van der Waals surface area contributed by atoms with Crippen LogP contribution in [0, 0.1) is 0 Å². The van der Waals surface area contributed by atoms with Gasteiger partial charge in [0, 0.05) is 12.1 Å². The maximum atomic E-state index is 11.7. The van der Waals surface area contributed by atoms with Gasteiger partial charge in [0.15, 0.2) is 14.9 Å². The summed E-state index contributed by atoms with van der Waals surface area (Å²) in [5.41, 5.74) is -0.0740. The first kappa shape index (κ1) is 12.9. The Bertz CT molecular complexity index is 486. The number of hydrogen-bond acceptors (Lipinski definition) is 5. The van der Waals surface area contributed by atoms with Crippen molar-refractivity contribution in [3.05, 3.63) is 23.9 Å². The fourth-order valence-corrected chi connectivity index (χ4v) is 2.82. The van der Waals surface area contributed by atoms with Crippen molar-refractivity contribution in [1.29, 1.82) is 0 Å². The Balaban J connectivity index is 3.29. The van der Waals surface area contributed by atoms with E-state index in [2.05, 4.69) is 9.72 Å². The molecular formula is C9H10ClNO4S. The fourth-order valence-electron chi connectivity index (χ4n) is 1.10. The van der Waals surface area contributed by atoms with Crippen LogP contribution in [0.5, 0.6) is 0 Å². The van der Waals surface area contributed by atoms with Gasteiger partial charge in [-0.05, 0) is 12.1 Å². The summed E-state index contributed by atoms with van der Waals surface area (Å²) < 4.78 is 27.9. The number of pyridine rings is 1. The van der Waals surface area contributed by atoms with Gasteiger partial charge in [0.1, 0.15) is 0 Å². The fraction of sp³-hybridized carbons (Fsp3) is 0.333. The van der Waals surface area contributed by atoms with E-state index in [9.17, 15) is 13.2 Å². The molecule has 7 heteroatoms. The van der Waals surface area contributed by atoms with E-state index >= 15 is 0 Å². The number of alkyl halides is 1. The van der Waals surface area contributed by atoms with Gasteiger partial charge in [-0.1, -0.05) is 0 Å². The number of carbonyl (C=O) groups excluding carboxylic acids is 1. The first-order valence-electron chi connectivity index (χ1n) is 4.35. The molecule has 0 saturated heterocycles. The van der Waals surface area contributed by atoms with Gasteiger partial charge in [0.25, 0.3) is 0 Å². The molecule has 0 spiro atoms. The highest BCUT2D eigenvalue weighted by Crippen LogP contribution is 2.15. The topological polar surface area (TPSA) is 73.3 Å². The van der Waals surface area contributed by atoms with Crippen LogP contribution in [0.3, 0.4) is 0 Å². The number of aromatic nitrogens is 1. The molecule has 0 bridgehead atoms. The predicted molar refractivity (Wildman–Crippen MR) is 58.3 cm³/mol. The van der Waals surface area contributed by atoms with Gasteiger partial charge >= 0.3 is 5.97 Å². The minimum Gasteiger partial charge on any atom is -0.465 e. The number of sulfone groups is 1. The van der Waals surface area contributed by atoms with Crippen LogP contribution in [0.25, 0.3) is 0 Å². The van der Waals surface area contributed by atoms with E-state index in [0.717, 1.165) is 0 Å². The average Bonchev–Trinajstić information content (AvgIpc) is 2.28. The van der Waals surface area contributed by atoms with Crippen molar-refractivity contribution in [2.75, 3.05) is 18.7 Å². The Morgan fingerprint density at radius 2 is 2.25 bits per heavy atom. The molecule has 0 aromatic carbocycles. The smallest absolute Gasteiger partial charge is 0.340 e. The number of rotatable bonds is 4. The standard InChI is InChI=1S/C9H10ClNO4S/c1-15-9(12)7-3-2-5-11-8(7)16(13,14)6-4-10/h2-3,5H,4,6H2,1H3. The molecule has 1 aromatic heterocycles. The van der Waals surface area contributed by atoms with Crippen molar-refractivity contribution in [2.24, 2.45) is 0 Å². The molecule has 0 saturated carbocycles. The first-order chi connectivity index (χ1) is 7.53. The summed E-state index contributed by atoms with van der Waals surface area (Å²) in [4.78, 5) is 15.0. The lowest BCUT2D eigenvalue weighted by molar-refractivity contribution is 0.0595. The molecule has 1 heterocycles. The minimum atomic E-state index is -3.64. The first-order valence-corrected chi connectivity index (χ1v) is 6.53. The third-order valence-electron chi connectivity index (χ3n) is 1.82. The largest absolute Gasteiger partial charge is 0.465 e. The van der Waals surface area contributed by atoms with E-state index in [4.69, 9.17) is 11.6 Å². The van der Waals surface area contributed by atoms with Crippen LogP contribution in [0.2, 0.25) is 0 Å². The van der Waals surface area contributed by atoms with E-state index in [0.29, 0.717) is 0 Å². The van der Waals surface area contributed by atoms with Crippen molar-refractivity contribution in [3.63, 3.8) is 0 Å². The highest BCUT2D eigenvalue weighted by Gasteiger charge is 2.23. The molecule has 0 aliphatic rings. The van der Waals surface area contributed by atoms with Gasteiger partial charge in [-0.2, -0.15) is 0 Å². The summed E-state index contributed by atoms with van der Waals surface area (Å²) in [5, 5.41) is -0.289. The summed E-state index contributed by atoms with van der Waals surface area (Å²) in [6, 6.07) is 2.81. The SMILES string of the molecule is COC(=O)c1cccnc1S(=O)(=O)CCCl. The number of hydrogen-bond donors (Lipinski definition) is 0. The second-order valence-corrected chi connectivity index (χ2v) is 5.26. The van der Waals surface area contributed by atoms with Crippen molar-refractivity contribution < 1.29 is 17.9 Å². The van der Waals surface area contributed by atoms with E-state index in [1.165, 1.54) is 25.4 Å². The van der Waals surface area contributed by atoms with Gasteiger partial charge in [0.2, 0.25) is 0 Å². The monoisotopic (exact) mass is 263 g/mol. The normalized spacial score (nSPS) is 11.1. The number of carbonyl (C=O) groups is 1. The highest BCUT2D eigenvalue weighted by molar-refractivity contribution is 7.91. The summed E-state index contributed by atoms with van der Waals surface area (Å²) >= 11 is 5.38. The number of halogens is 1. The minimum absolute atomic E-state index is 0.0560. The zero-order valence-corrected chi connectivity index (χ0v) is 10.1. The molecule has 88 valence electrons. The Hall–Kier alpha value is -1.14. The van der Waals surface area contributed by atoms with Gasteiger partial charge in [-0.3, -0.25) is 0 Å². The lowest BCUT2D eigenvalue weighted by atomic mass is 10.3. The summed E-state index contributed by atoms with van der Waals surface area (Å²) in [5.74, 6) is -1.06. The molecule has 0 atom stereocenters. The third kappa shape index (κ3) is 2.70. The number of methoxy groups -OCH3 is 1. The zero-order valence-electron chi connectivity index (χ0n) is 8.51. The lowest BCUT2D eigenvalue weighted by Gasteiger charge is -2.06. The van der Waals surface area contributed by atoms with Gasteiger partial charge in [0.05, 0.1) is 18.4 Å². The lowest BCUT2D eigenvalue weighted by Crippen LogP contribution is -2.15. The quantitative estimate of drug-likeness (QED) is 0.596. The Labute approximate surface area is 98.3 Å². The summed E-state index contributed by atoms with van der Waals surface area (Å²) in [7, 11) is -2.47. The van der Waals surface area contributed by atoms with Crippen LogP contribution >= 0.6 is 11.6 Å². The summed E-state index contributed by atoms with van der Waals surface area (Å²) in [6.07, 6.45) is 1.30. The van der Waals surface area contributed by atoms with Crippen LogP contribution in [0.1, 0.15) is 10.4 Å². The van der Waals surface area contributed by atoms with Crippen molar-refractivity contribution in [2.45, 2.75) is 5.03 Å². The molecule has 0 radical (unpaired) electrons. The Kier molecular flexibility index (Phi) is 4.26. The van der Waals surface area contributed by atoms with Gasteiger partial charge in [-0.15, -0.1) is 11.6 Å². The van der Waals surface area contributed by atoms with E-state index < -0.39 is 15.8 Å². The molecule has 0 aliphatic carbocycles. The third-order valence-corrected chi connectivity index (χ3v) is 3.89. The van der Waals surface area contributed by atoms with Crippen molar-refractivity contribution in [3.8, 4) is 0 Å². The second kappa shape index (κ2) is 5.27. The maximum absolute atomic E-state index is 11.7. The highest BCUT2D eigenvalue weighted by atomic mass is 35.5. The van der Waals surface area contributed by atoms with Gasteiger partial charge < -0.3 is 4.74 Å². The number of nitrogens with zero attached hydrogens (tertiary/aromatic N) is 1. The van der Waals surface area contributed by atoms with Crippen molar-refractivity contribution >= 4 is 27.4 Å². The van der Waals surface area contributed by atoms with Crippen LogP contribution in [0.15, 0.2) is 23.4 Å². The number of esters is 1. The molecule has 5 nitrogen and oxygen atoms in total. The molecule has 16 heavy (non-hydrogen) atoms.